The van der Waals surface area contributed by atoms with E-state index >= 15 is 0 Å². The monoisotopic (exact) mass is 173 g/mol. The molecule has 0 aliphatic carbocycles. The lowest BCUT2D eigenvalue weighted by Gasteiger charge is -2.01. The van der Waals surface area contributed by atoms with E-state index in [1.165, 1.54) is 13.3 Å². The molecule has 0 aliphatic rings. The largest absolute Gasteiger partial charge is 0.480 e. The minimum Gasteiger partial charge on any atom is -0.480 e. The third kappa shape index (κ3) is 2.11. The molecule has 1 heterocycles. The number of hydrogen-bond acceptors (Lipinski definition) is 4. The Kier molecular flexibility index (Phi) is 2.73. The fourth-order valence-electron chi connectivity index (χ4n) is 0.808. The predicted octanol–water partition coefficient (Wildman–Crippen LogP) is 0.547. The van der Waals surface area contributed by atoms with Crippen LogP contribution in [-0.4, -0.2) is 12.1 Å². The van der Waals surface area contributed by atoms with Crippen LogP contribution in [0.1, 0.15) is 5.56 Å². The van der Waals surface area contributed by atoms with Crippen molar-refractivity contribution in [3.63, 3.8) is 0 Å². The Hall–Kier alpha value is -2.20. The van der Waals surface area contributed by atoms with Crippen molar-refractivity contribution in [2.45, 2.75) is 0 Å². The maximum absolute atomic E-state index is 8.20. The van der Waals surface area contributed by atoms with Gasteiger partial charge in [0, 0.05) is 17.7 Å². The van der Waals surface area contributed by atoms with Crippen LogP contribution >= 0.6 is 0 Å². The lowest BCUT2D eigenvalue weighted by Crippen LogP contribution is -1.95. The Balaban J connectivity index is 3.04. The Morgan fingerprint density at radius 2 is 2.38 bits per heavy atom. The minimum atomic E-state index is 0.363. The number of nitrogens with two attached hydrogens (primary N) is 1. The first-order valence-electron chi connectivity index (χ1n) is 3.47. The Morgan fingerprint density at radius 1 is 1.62 bits per heavy atom. The quantitative estimate of drug-likeness (QED) is 0.629. The van der Waals surface area contributed by atoms with Crippen LogP contribution < -0.4 is 10.5 Å². The highest BCUT2D eigenvalue weighted by Crippen LogP contribution is 2.17. The molecule has 0 saturated heterocycles. The van der Waals surface area contributed by atoms with Gasteiger partial charge >= 0.3 is 0 Å². The zero-order valence-corrected chi connectivity index (χ0v) is 7.03. The van der Waals surface area contributed by atoms with Crippen LogP contribution in [0.15, 0.2) is 12.3 Å². The van der Waals surface area contributed by atoms with E-state index in [-0.39, 0.29) is 0 Å². The van der Waals surface area contributed by atoms with Gasteiger partial charge in [0.15, 0.2) is 6.07 Å². The molecule has 0 amide bonds. The van der Waals surface area contributed by atoms with E-state index in [0.29, 0.717) is 17.1 Å². The van der Waals surface area contributed by atoms with Gasteiger partial charge in [-0.05, 0) is 12.0 Å². The zero-order valence-electron chi connectivity index (χ0n) is 7.03. The number of ether oxygens (including phenoxy) is 1. The summed E-state index contributed by atoms with van der Waals surface area (Å²) in [6, 6.07) is 3.31. The molecule has 0 atom stereocenters. The van der Waals surface area contributed by atoms with E-state index in [0.717, 1.165) is 0 Å². The van der Waals surface area contributed by atoms with Crippen LogP contribution in [0, 0.1) is 23.2 Å². The third-order valence-corrected chi connectivity index (χ3v) is 1.33. The number of nitrogen functional groups attached to an aromatic ring is 1. The van der Waals surface area contributed by atoms with Crippen molar-refractivity contribution in [1.82, 2.24) is 4.98 Å². The average Bonchev–Trinajstić information content (AvgIpc) is 2.15. The van der Waals surface area contributed by atoms with Crippen molar-refractivity contribution in [2.75, 3.05) is 12.8 Å². The summed E-state index contributed by atoms with van der Waals surface area (Å²) in [7, 11) is 1.49. The summed E-state index contributed by atoms with van der Waals surface area (Å²) in [6.45, 7) is 0. The Labute approximate surface area is 76.0 Å². The van der Waals surface area contributed by atoms with E-state index in [2.05, 4.69) is 16.8 Å². The summed E-state index contributed by atoms with van der Waals surface area (Å²) in [6.07, 6.45) is 1.50. The molecule has 0 saturated carbocycles. The number of hydrogen-bond donors (Lipinski definition) is 1. The lowest BCUT2D eigenvalue weighted by atomic mass is 10.2. The van der Waals surface area contributed by atoms with E-state index in [1.54, 1.807) is 12.1 Å². The van der Waals surface area contributed by atoms with Crippen molar-refractivity contribution in [1.29, 1.82) is 5.26 Å². The third-order valence-electron chi connectivity index (χ3n) is 1.33. The summed E-state index contributed by atoms with van der Waals surface area (Å²) >= 11 is 0. The van der Waals surface area contributed by atoms with Gasteiger partial charge in [0.2, 0.25) is 5.88 Å². The molecule has 0 fully saturated rings. The predicted molar refractivity (Wildman–Crippen MR) is 47.7 cm³/mol. The van der Waals surface area contributed by atoms with E-state index < -0.39 is 0 Å². The summed E-state index contributed by atoms with van der Waals surface area (Å²) < 4.78 is 4.86. The molecule has 13 heavy (non-hydrogen) atoms. The fourth-order valence-corrected chi connectivity index (χ4v) is 0.808. The zero-order chi connectivity index (χ0) is 9.68. The molecular formula is C9H7N3O. The van der Waals surface area contributed by atoms with Crippen LogP contribution in [0.5, 0.6) is 5.88 Å². The molecule has 64 valence electrons. The summed E-state index contributed by atoms with van der Waals surface area (Å²) in [4.78, 5) is 3.89. The van der Waals surface area contributed by atoms with Crippen LogP contribution in [-0.2, 0) is 0 Å². The second-order valence-corrected chi connectivity index (χ2v) is 2.18. The van der Waals surface area contributed by atoms with Crippen molar-refractivity contribution in [2.24, 2.45) is 0 Å². The highest BCUT2D eigenvalue weighted by Gasteiger charge is 1.99. The SMILES string of the molecule is COc1ncc(C#CC#N)cc1N. The van der Waals surface area contributed by atoms with E-state index in [4.69, 9.17) is 15.7 Å². The van der Waals surface area contributed by atoms with Crippen LogP contribution in [0.4, 0.5) is 5.69 Å². The Bertz CT molecular complexity index is 409. The van der Waals surface area contributed by atoms with Gasteiger partial charge in [0.05, 0.1) is 12.8 Å². The number of aromatic nitrogens is 1. The summed E-state index contributed by atoms with van der Waals surface area (Å²) in [5.74, 6) is 5.19. The van der Waals surface area contributed by atoms with Gasteiger partial charge < -0.3 is 10.5 Å². The maximum atomic E-state index is 8.20. The molecule has 2 N–H and O–H groups in total. The first kappa shape index (κ1) is 8.89. The van der Waals surface area contributed by atoms with E-state index in [9.17, 15) is 0 Å². The standard InChI is InChI=1S/C9H7N3O/c1-13-9-8(11)5-7(6-12-9)3-2-4-10/h5-6H,11H2,1H3. The number of anilines is 1. The average molecular weight is 173 g/mol. The topological polar surface area (TPSA) is 71.9 Å². The molecule has 0 aromatic carbocycles. The smallest absolute Gasteiger partial charge is 0.236 e. The molecule has 4 nitrogen and oxygen atoms in total. The molecular weight excluding hydrogens is 166 g/mol. The fraction of sp³-hybridized carbons (Fsp3) is 0.111. The van der Waals surface area contributed by atoms with Gasteiger partial charge in [0.25, 0.3) is 0 Å². The number of nitrogens with zero attached hydrogens (tertiary/aromatic N) is 2. The van der Waals surface area contributed by atoms with Crippen LogP contribution in [0.3, 0.4) is 0 Å². The normalized spacial score (nSPS) is 8.00. The maximum Gasteiger partial charge on any atom is 0.236 e. The first-order chi connectivity index (χ1) is 6.27. The molecule has 4 heteroatoms. The van der Waals surface area contributed by atoms with Crippen molar-refractivity contribution in [3.8, 4) is 23.8 Å². The van der Waals surface area contributed by atoms with Gasteiger partial charge in [-0.3, -0.25) is 0 Å². The second-order valence-electron chi connectivity index (χ2n) is 2.18. The molecule has 1 aromatic rings. The number of methoxy groups -OCH3 is 1. The summed E-state index contributed by atoms with van der Waals surface area (Å²) in [5, 5.41) is 8.20. The Morgan fingerprint density at radius 3 is 2.92 bits per heavy atom. The van der Waals surface area contributed by atoms with E-state index in [1.807, 2.05) is 0 Å². The molecule has 0 bridgehead atoms. The number of pyridine rings is 1. The number of rotatable bonds is 1. The van der Waals surface area contributed by atoms with Crippen molar-refractivity contribution in [3.05, 3.63) is 17.8 Å². The van der Waals surface area contributed by atoms with Crippen molar-refractivity contribution < 1.29 is 4.74 Å². The molecule has 0 radical (unpaired) electrons. The van der Waals surface area contributed by atoms with Gasteiger partial charge in [0.1, 0.15) is 0 Å². The minimum absolute atomic E-state index is 0.363. The van der Waals surface area contributed by atoms with Gasteiger partial charge in [-0.25, -0.2) is 4.98 Å². The van der Waals surface area contributed by atoms with Crippen molar-refractivity contribution >= 4 is 5.69 Å². The van der Waals surface area contributed by atoms with Crippen LogP contribution in [0.25, 0.3) is 0 Å². The molecule has 0 spiro atoms. The first-order valence-corrected chi connectivity index (χ1v) is 3.47. The summed E-state index contributed by atoms with van der Waals surface area (Å²) in [5.41, 5.74) is 6.57. The highest BCUT2D eigenvalue weighted by atomic mass is 16.5. The lowest BCUT2D eigenvalue weighted by molar-refractivity contribution is 0.400. The van der Waals surface area contributed by atoms with Crippen LogP contribution in [0.2, 0.25) is 0 Å². The molecule has 0 aliphatic heterocycles. The van der Waals surface area contributed by atoms with Gasteiger partial charge in [-0.1, -0.05) is 0 Å². The van der Waals surface area contributed by atoms with Gasteiger partial charge in [-0.15, -0.1) is 0 Å². The van der Waals surface area contributed by atoms with Gasteiger partial charge in [-0.2, -0.15) is 5.26 Å². The molecule has 1 aromatic heterocycles. The second kappa shape index (κ2) is 3.99. The highest BCUT2D eigenvalue weighted by molar-refractivity contribution is 5.53. The molecule has 0 unspecified atom stereocenters. The number of nitriles is 1. The molecule has 1 rings (SSSR count).